The molecule has 0 aromatic heterocycles. The molecule has 3 rings (SSSR count). The van der Waals surface area contributed by atoms with Gasteiger partial charge in [0, 0.05) is 13.0 Å². The number of amides is 1. The number of nitrogens with zero attached hydrogens (tertiary/aromatic N) is 1. The number of rotatable bonds is 15. The molecule has 2 aliphatic rings. The fourth-order valence-electron chi connectivity index (χ4n) is 6.05. The molecule has 8 heteroatoms. The highest BCUT2D eigenvalue weighted by Gasteiger charge is 2.41. The molecule has 1 saturated carbocycles. The van der Waals surface area contributed by atoms with Gasteiger partial charge < -0.3 is 28.6 Å². The minimum Gasteiger partial charge on any atom is -0.493 e. The lowest BCUT2D eigenvalue weighted by Crippen LogP contribution is -2.51. The Balaban J connectivity index is 1.99. The van der Waals surface area contributed by atoms with E-state index in [-0.39, 0.29) is 30.0 Å². The second kappa shape index (κ2) is 16.4. The van der Waals surface area contributed by atoms with Crippen molar-refractivity contribution < 1.29 is 33.3 Å². The summed E-state index contributed by atoms with van der Waals surface area (Å²) < 4.78 is 29.0. The lowest BCUT2D eigenvalue weighted by molar-refractivity contribution is -0.161. The summed E-state index contributed by atoms with van der Waals surface area (Å²) in [6.07, 6.45) is 11.0. The van der Waals surface area contributed by atoms with Crippen molar-refractivity contribution in [2.75, 3.05) is 34.0 Å². The van der Waals surface area contributed by atoms with Crippen molar-refractivity contribution in [1.29, 1.82) is 0 Å². The predicted octanol–water partition coefficient (Wildman–Crippen LogP) is 6.23. The maximum absolute atomic E-state index is 14.5. The number of hydrogen-bond donors (Lipinski definition) is 0. The van der Waals surface area contributed by atoms with Gasteiger partial charge in [0.25, 0.3) is 0 Å². The number of likely N-dealkylation sites (tertiary alicyclic amines) is 1. The van der Waals surface area contributed by atoms with Crippen LogP contribution >= 0.6 is 0 Å². The molecule has 0 spiro atoms. The summed E-state index contributed by atoms with van der Waals surface area (Å²) in [5, 5.41) is 0. The van der Waals surface area contributed by atoms with Crippen LogP contribution in [0.25, 0.3) is 0 Å². The van der Waals surface area contributed by atoms with Crippen molar-refractivity contribution in [1.82, 2.24) is 4.90 Å². The first-order chi connectivity index (χ1) is 19.8. The molecule has 4 atom stereocenters. The van der Waals surface area contributed by atoms with Crippen LogP contribution in [0.1, 0.15) is 83.1 Å². The number of hydrogen-bond acceptors (Lipinski definition) is 7. The van der Waals surface area contributed by atoms with E-state index in [1.807, 2.05) is 26.0 Å². The average Bonchev–Trinajstić information content (AvgIpc) is 2.97. The van der Waals surface area contributed by atoms with E-state index >= 15 is 0 Å². The standard InChI is InChI=1S/C33H49NO7/c1-7-14-23(3)41-33(36)27-17-12-13-18-34(27)32(35)30(25-15-10-9-11-16-25)26-20-28(37-5)31(38-6)29(21-26)40-24(4)22-39-19-8-2/h7-8,20-21,23-25,27,30H,1-2,9-19,22H2,3-6H3/t23-,24-,27+,30+/m1/s1. The molecule has 1 aromatic rings. The third-order valence-corrected chi connectivity index (χ3v) is 8.00. The zero-order chi connectivity index (χ0) is 29.8. The first kappa shape index (κ1) is 32.5. The third-order valence-electron chi connectivity index (χ3n) is 8.00. The molecule has 1 saturated heterocycles. The van der Waals surface area contributed by atoms with Crippen molar-refractivity contribution in [2.45, 2.75) is 95.8 Å². The molecule has 1 heterocycles. The Labute approximate surface area is 246 Å². The molecule has 1 aliphatic heterocycles. The highest BCUT2D eigenvalue weighted by atomic mass is 16.6. The van der Waals surface area contributed by atoms with Crippen molar-refractivity contribution >= 4 is 11.9 Å². The summed E-state index contributed by atoms with van der Waals surface area (Å²) in [5.74, 6) is 0.809. The van der Waals surface area contributed by atoms with Crippen LogP contribution < -0.4 is 14.2 Å². The van der Waals surface area contributed by atoms with E-state index in [0.717, 1.165) is 44.1 Å². The van der Waals surface area contributed by atoms with Crippen molar-refractivity contribution in [3.8, 4) is 17.2 Å². The third kappa shape index (κ3) is 8.74. The largest absolute Gasteiger partial charge is 0.493 e. The Bertz CT molecular complexity index is 1020. The van der Waals surface area contributed by atoms with Gasteiger partial charge in [0.1, 0.15) is 18.2 Å². The highest BCUT2D eigenvalue weighted by molar-refractivity contribution is 5.89. The highest BCUT2D eigenvalue weighted by Crippen LogP contribution is 2.45. The molecule has 0 radical (unpaired) electrons. The van der Waals surface area contributed by atoms with Gasteiger partial charge in [0.2, 0.25) is 11.7 Å². The molecule has 0 bridgehead atoms. The molecule has 2 fully saturated rings. The van der Waals surface area contributed by atoms with Crippen molar-refractivity contribution in [3.05, 3.63) is 43.0 Å². The maximum atomic E-state index is 14.5. The number of carbonyl (C=O) groups is 2. The number of piperidine rings is 1. The summed E-state index contributed by atoms with van der Waals surface area (Å²) in [6.45, 7) is 12.5. The van der Waals surface area contributed by atoms with E-state index in [0.29, 0.717) is 49.8 Å². The molecule has 41 heavy (non-hydrogen) atoms. The molecular formula is C33H49NO7. The van der Waals surface area contributed by atoms with E-state index < -0.39 is 12.0 Å². The first-order valence-corrected chi connectivity index (χ1v) is 15.1. The Hall–Kier alpha value is -3.00. The van der Waals surface area contributed by atoms with Gasteiger partial charge in [-0.1, -0.05) is 31.4 Å². The predicted molar refractivity (Wildman–Crippen MR) is 160 cm³/mol. The smallest absolute Gasteiger partial charge is 0.329 e. The summed E-state index contributed by atoms with van der Waals surface area (Å²) in [7, 11) is 3.16. The second-order valence-electron chi connectivity index (χ2n) is 11.2. The minimum atomic E-state index is -0.590. The fourth-order valence-corrected chi connectivity index (χ4v) is 6.05. The number of carbonyl (C=O) groups excluding carboxylic acids is 2. The lowest BCUT2D eigenvalue weighted by atomic mass is 9.75. The van der Waals surface area contributed by atoms with E-state index in [2.05, 4.69) is 13.2 Å². The maximum Gasteiger partial charge on any atom is 0.329 e. The van der Waals surface area contributed by atoms with Gasteiger partial charge in [0.15, 0.2) is 11.5 Å². The molecule has 1 amide bonds. The van der Waals surface area contributed by atoms with Crippen LogP contribution in [-0.2, 0) is 19.1 Å². The summed E-state index contributed by atoms with van der Waals surface area (Å²) in [6, 6.07) is 3.21. The molecule has 0 N–H and O–H groups in total. The molecular weight excluding hydrogens is 522 g/mol. The fraction of sp³-hybridized carbons (Fsp3) is 0.636. The van der Waals surface area contributed by atoms with Crippen LogP contribution in [0.3, 0.4) is 0 Å². The van der Waals surface area contributed by atoms with Gasteiger partial charge in [-0.2, -0.15) is 0 Å². The Morgan fingerprint density at radius 2 is 1.66 bits per heavy atom. The summed E-state index contributed by atoms with van der Waals surface area (Å²) in [5.41, 5.74) is 0.812. The molecule has 8 nitrogen and oxygen atoms in total. The lowest BCUT2D eigenvalue weighted by Gasteiger charge is -2.39. The average molecular weight is 572 g/mol. The number of benzene rings is 1. The summed E-state index contributed by atoms with van der Waals surface area (Å²) in [4.78, 5) is 29.6. The Kier molecular flexibility index (Phi) is 13.0. The summed E-state index contributed by atoms with van der Waals surface area (Å²) >= 11 is 0. The van der Waals surface area contributed by atoms with Gasteiger partial charge in [-0.3, -0.25) is 4.79 Å². The molecule has 1 aliphatic carbocycles. The second-order valence-corrected chi connectivity index (χ2v) is 11.2. The van der Waals surface area contributed by atoms with Crippen LogP contribution in [0, 0.1) is 5.92 Å². The van der Waals surface area contributed by atoms with Gasteiger partial charge in [-0.15, -0.1) is 13.2 Å². The van der Waals surface area contributed by atoms with Crippen molar-refractivity contribution in [3.63, 3.8) is 0 Å². The number of esters is 1. The minimum absolute atomic E-state index is 0.0320. The Morgan fingerprint density at radius 3 is 2.32 bits per heavy atom. The zero-order valence-electron chi connectivity index (χ0n) is 25.4. The monoisotopic (exact) mass is 571 g/mol. The molecule has 0 unspecified atom stereocenters. The normalized spacial score (nSPS) is 19.9. The SMILES string of the molecule is C=CCOC[C@@H](C)Oc1cc([C@@H](C(=O)N2CCCC[C@H]2C(=O)O[C@H](C)CC=C)C2CCCCC2)cc(OC)c1OC. The van der Waals surface area contributed by atoms with Crippen LogP contribution in [-0.4, -0.2) is 69.0 Å². The van der Waals surface area contributed by atoms with E-state index in [1.165, 1.54) is 6.42 Å². The van der Waals surface area contributed by atoms with Gasteiger partial charge in [-0.05, 0) is 69.6 Å². The van der Waals surface area contributed by atoms with Crippen LogP contribution in [0.2, 0.25) is 0 Å². The number of methoxy groups -OCH3 is 2. The van der Waals surface area contributed by atoms with Crippen LogP contribution in [0.5, 0.6) is 17.2 Å². The zero-order valence-corrected chi connectivity index (χ0v) is 25.4. The molecule has 228 valence electrons. The van der Waals surface area contributed by atoms with Gasteiger partial charge in [0.05, 0.1) is 33.4 Å². The quantitative estimate of drug-likeness (QED) is 0.140. The topological polar surface area (TPSA) is 83.5 Å². The van der Waals surface area contributed by atoms with Crippen LogP contribution in [0.4, 0.5) is 0 Å². The van der Waals surface area contributed by atoms with E-state index in [9.17, 15) is 9.59 Å². The van der Waals surface area contributed by atoms with E-state index in [4.69, 9.17) is 23.7 Å². The van der Waals surface area contributed by atoms with Crippen molar-refractivity contribution in [2.24, 2.45) is 5.92 Å². The van der Waals surface area contributed by atoms with Gasteiger partial charge >= 0.3 is 5.97 Å². The number of ether oxygens (including phenoxy) is 5. The Morgan fingerprint density at radius 1 is 0.951 bits per heavy atom. The van der Waals surface area contributed by atoms with E-state index in [1.54, 1.807) is 31.3 Å². The first-order valence-electron chi connectivity index (χ1n) is 15.1. The molecule has 1 aromatic carbocycles. The van der Waals surface area contributed by atoms with Crippen LogP contribution in [0.15, 0.2) is 37.4 Å². The van der Waals surface area contributed by atoms with Gasteiger partial charge in [-0.25, -0.2) is 4.79 Å².